The molecule has 0 aliphatic carbocycles. The highest BCUT2D eigenvalue weighted by atomic mass is 19.4. The van der Waals surface area contributed by atoms with Crippen LogP contribution < -0.4 is 4.74 Å². The Balaban J connectivity index is 3.09. The van der Waals surface area contributed by atoms with Crippen molar-refractivity contribution in [2.45, 2.75) is 24.6 Å². The third-order valence-electron chi connectivity index (χ3n) is 2.43. The monoisotopic (exact) mass is 362 g/mol. The summed E-state index contributed by atoms with van der Waals surface area (Å²) >= 11 is 0. The quantitative estimate of drug-likeness (QED) is 0.653. The van der Waals surface area contributed by atoms with Gasteiger partial charge in [-0.3, -0.25) is 0 Å². The molecule has 132 valence electrons. The van der Waals surface area contributed by atoms with E-state index in [2.05, 4.69) is 4.74 Å². The molecule has 12 heteroatoms. The molecule has 0 saturated carbocycles. The van der Waals surface area contributed by atoms with E-state index in [0.717, 1.165) is 0 Å². The Hall–Kier alpha value is -1.75. The fourth-order valence-electron chi connectivity index (χ4n) is 1.49. The van der Waals surface area contributed by atoms with Crippen molar-refractivity contribution in [1.29, 1.82) is 0 Å². The molecule has 0 fully saturated rings. The average Bonchev–Trinajstić information content (AvgIpc) is 2.22. The van der Waals surface area contributed by atoms with Gasteiger partial charge in [-0.2, -0.15) is 48.3 Å². The zero-order chi connectivity index (χ0) is 18.3. The standard InChI is InChI=1S/C11H5F11O/c12-8(13,14)5-1-3-6(4-2-5)23-11(21,22)7(9(15,16)17)10(18,19)20/h1-4,7H. The van der Waals surface area contributed by atoms with Crippen LogP contribution in [0.1, 0.15) is 5.56 Å². The Morgan fingerprint density at radius 3 is 1.35 bits per heavy atom. The number of rotatable bonds is 3. The summed E-state index contributed by atoms with van der Waals surface area (Å²) in [5, 5.41) is 0. The minimum absolute atomic E-state index is 0.168. The van der Waals surface area contributed by atoms with Crippen molar-refractivity contribution >= 4 is 0 Å². The van der Waals surface area contributed by atoms with E-state index >= 15 is 0 Å². The molecule has 0 unspecified atom stereocenters. The number of ether oxygens (including phenoxy) is 1. The number of hydrogen-bond acceptors (Lipinski definition) is 1. The van der Waals surface area contributed by atoms with Gasteiger partial charge in [-0.05, 0) is 24.3 Å². The van der Waals surface area contributed by atoms with Crippen LogP contribution >= 0.6 is 0 Å². The summed E-state index contributed by atoms with van der Waals surface area (Å²) in [6.07, 6.45) is -23.4. The lowest BCUT2D eigenvalue weighted by molar-refractivity contribution is -0.379. The molecule has 0 radical (unpaired) electrons. The van der Waals surface area contributed by atoms with E-state index in [1.165, 1.54) is 0 Å². The second-order valence-corrected chi connectivity index (χ2v) is 4.20. The maximum absolute atomic E-state index is 13.2. The molecule has 0 N–H and O–H groups in total. The molecular weight excluding hydrogens is 357 g/mol. The second-order valence-electron chi connectivity index (χ2n) is 4.20. The van der Waals surface area contributed by atoms with Crippen molar-refractivity contribution in [2.75, 3.05) is 0 Å². The minimum Gasteiger partial charge on any atom is -0.432 e. The van der Waals surface area contributed by atoms with Crippen molar-refractivity contribution < 1.29 is 53.0 Å². The van der Waals surface area contributed by atoms with Gasteiger partial charge in [0.2, 0.25) is 0 Å². The van der Waals surface area contributed by atoms with Gasteiger partial charge in [-0.15, -0.1) is 0 Å². The third-order valence-corrected chi connectivity index (χ3v) is 2.43. The third kappa shape index (κ3) is 4.86. The fraction of sp³-hybridized carbons (Fsp3) is 0.455. The first-order valence-corrected chi connectivity index (χ1v) is 5.42. The van der Waals surface area contributed by atoms with Gasteiger partial charge in [0.15, 0.2) is 0 Å². The molecular formula is C11H5F11O. The lowest BCUT2D eigenvalue weighted by atomic mass is 10.1. The van der Waals surface area contributed by atoms with Gasteiger partial charge < -0.3 is 4.74 Å². The van der Waals surface area contributed by atoms with Crippen molar-refractivity contribution in [3.63, 3.8) is 0 Å². The molecule has 1 aromatic carbocycles. The minimum atomic E-state index is -6.38. The smallest absolute Gasteiger partial charge is 0.418 e. The Kier molecular flexibility index (Phi) is 4.79. The topological polar surface area (TPSA) is 9.23 Å². The van der Waals surface area contributed by atoms with Crippen LogP contribution in [0.2, 0.25) is 0 Å². The fourth-order valence-corrected chi connectivity index (χ4v) is 1.49. The zero-order valence-electron chi connectivity index (χ0n) is 10.5. The van der Waals surface area contributed by atoms with E-state index in [9.17, 15) is 48.3 Å². The predicted molar refractivity (Wildman–Crippen MR) is 52.6 cm³/mol. The van der Waals surface area contributed by atoms with E-state index < -0.39 is 41.9 Å². The molecule has 0 aromatic heterocycles. The Labute approximate surface area is 120 Å². The first-order valence-electron chi connectivity index (χ1n) is 5.42. The number of hydrogen-bond donors (Lipinski definition) is 0. The SMILES string of the molecule is FC(F)(F)c1ccc(OC(F)(F)C(C(F)(F)F)C(F)(F)F)cc1. The van der Waals surface area contributed by atoms with Crippen LogP contribution in [0.15, 0.2) is 24.3 Å². The zero-order valence-corrected chi connectivity index (χ0v) is 10.5. The largest absolute Gasteiger partial charge is 0.432 e. The van der Waals surface area contributed by atoms with Crippen molar-refractivity contribution in [2.24, 2.45) is 5.92 Å². The van der Waals surface area contributed by atoms with E-state index in [-0.39, 0.29) is 24.3 Å². The maximum Gasteiger partial charge on any atom is 0.418 e. The lowest BCUT2D eigenvalue weighted by Crippen LogP contribution is -2.51. The van der Waals surface area contributed by atoms with Crippen LogP contribution in [0.3, 0.4) is 0 Å². The molecule has 0 aliphatic heterocycles. The molecule has 0 amide bonds. The first-order chi connectivity index (χ1) is 10.0. The van der Waals surface area contributed by atoms with E-state index in [1.807, 2.05) is 0 Å². The van der Waals surface area contributed by atoms with Gasteiger partial charge in [-0.1, -0.05) is 0 Å². The molecule has 0 aliphatic rings. The number of halogens is 11. The normalized spacial score (nSPS) is 14.3. The van der Waals surface area contributed by atoms with Gasteiger partial charge in [0.05, 0.1) is 5.56 Å². The van der Waals surface area contributed by atoms with Crippen LogP contribution in [-0.4, -0.2) is 18.5 Å². The van der Waals surface area contributed by atoms with Gasteiger partial charge in [0.1, 0.15) is 5.75 Å². The molecule has 1 nitrogen and oxygen atoms in total. The summed E-state index contributed by atoms with van der Waals surface area (Å²) in [7, 11) is 0. The Morgan fingerprint density at radius 1 is 0.652 bits per heavy atom. The van der Waals surface area contributed by atoms with Gasteiger partial charge in [0, 0.05) is 0 Å². The molecule has 0 heterocycles. The van der Waals surface area contributed by atoms with E-state index in [4.69, 9.17) is 0 Å². The summed E-state index contributed by atoms with van der Waals surface area (Å²) in [6.45, 7) is 0. The number of benzene rings is 1. The van der Waals surface area contributed by atoms with Gasteiger partial charge in [0.25, 0.3) is 5.92 Å². The highest BCUT2D eigenvalue weighted by Crippen LogP contribution is 2.48. The van der Waals surface area contributed by atoms with Crippen LogP contribution in [-0.2, 0) is 6.18 Å². The van der Waals surface area contributed by atoms with Crippen LogP contribution in [0.5, 0.6) is 5.75 Å². The first kappa shape index (κ1) is 19.3. The van der Waals surface area contributed by atoms with Gasteiger partial charge in [-0.25, -0.2) is 0 Å². The molecule has 0 bridgehead atoms. The summed E-state index contributed by atoms with van der Waals surface area (Å²) in [4.78, 5) is 0. The second kappa shape index (κ2) is 5.71. The Morgan fingerprint density at radius 2 is 1.04 bits per heavy atom. The molecule has 23 heavy (non-hydrogen) atoms. The van der Waals surface area contributed by atoms with E-state index in [1.54, 1.807) is 0 Å². The molecule has 0 spiro atoms. The summed E-state index contributed by atoms with van der Waals surface area (Å²) in [5.41, 5.74) is -1.35. The van der Waals surface area contributed by atoms with E-state index in [0.29, 0.717) is 0 Å². The summed E-state index contributed by atoms with van der Waals surface area (Å²) in [6, 6.07) is 0.699. The van der Waals surface area contributed by atoms with Gasteiger partial charge >= 0.3 is 24.6 Å². The molecule has 0 atom stereocenters. The van der Waals surface area contributed by atoms with Crippen LogP contribution in [0.4, 0.5) is 48.3 Å². The summed E-state index contributed by atoms with van der Waals surface area (Å²) in [5.74, 6) is -6.42. The Bertz CT molecular complexity index is 509. The predicted octanol–water partition coefficient (Wildman–Crippen LogP) is 5.42. The molecule has 0 saturated heterocycles. The average molecular weight is 362 g/mol. The van der Waals surface area contributed by atoms with Crippen molar-refractivity contribution in [3.05, 3.63) is 29.8 Å². The maximum atomic E-state index is 13.2. The summed E-state index contributed by atoms with van der Waals surface area (Å²) < 4.78 is 140. The molecule has 1 aromatic rings. The lowest BCUT2D eigenvalue weighted by Gasteiger charge is -2.30. The van der Waals surface area contributed by atoms with Crippen LogP contribution in [0.25, 0.3) is 0 Å². The highest BCUT2D eigenvalue weighted by Gasteiger charge is 2.70. The molecule has 1 rings (SSSR count). The van der Waals surface area contributed by atoms with Crippen LogP contribution in [0, 0.1) is 5.92 Å². The van der Waals surface area contributed by atoms with Crippen molar-refractivity contribution in [1.82, 2.24) is 0 Å². The van der Waals surface area contributed by atoms with Crippen molar-refractivity contribution in [3.8, 4) is 5.75 Å². The number of alkyl halides is 11. The highest BCUT2D eigenvalue weighted by molar-refractivity contribution is 5.29.